The lowest BCUT2D eigenvalue weighted by Crippen LogP contribution is -2.21. The average Bonchev–Trinajstić information content (AvgIpc) is 2.26. The molecule has 0 amide bonds. The molecule has 1 nitrogen and oxygen atoms in total. The Kier molecular flexibility index (Phi) is 6.17. The fraction of sp³-hybridized carbons (Fsp3) is 0.625. The highest BCUT2D eigenvalue weighted by molar-refractivity contribution is 6.18. The lowest BCUT2D eigenvalue weighted by molar-refractivity contribution is -0.00831. The smallest absolute Gasteiger partial charge is 0.0598 e. The van der Waals surface area contributed by atoms with E-state index in [1.165, 1.54) is 11.1 Å². The van der Waals surface area contributed by atoms with Gasteiger partial charge >= 0.3 is 0 Å². The Labute approximate surface area is 116 Å². The summed E-state index contributed by atoms with van der Waals surface area (Å²) in [7, 11) is 0. The van der Waals surface area contributed by atoms with Crippen LogP contribution in [-0.4, -0.2) is 18.1 Å². The summed E-state index contributed by atoms with van der Waals surface area (Å²) in [4.78, 5) is 0. The van der Waals surface area contributed by atoms with Crippen LogP contribution < -0.4 is 0 Å². The van der Waals surface area contributed by atoms with Crippen LogP contribution in [0.4, 0.5) is 0 Å². The molecule has 0 aromatic heterocycles. The van der Waals surface area contributed by atoms with Crippen molar-refractivity contribution in [3.05, 3.63) is 35.4 Å². The van der Waals surface area contributed by atoms with Crippen molar-refractivity contribution in [3.8, 4) is 0 Å². The van der Waals surface area contributed by atoms with Crippen molar-refractivity contribution in [2.24, 2.45) is 5.92 Å². The minimum absolute atomic E-state index is 0.0554. The van der Waals surface area contributed by atoms with Crippen molar-refractivity contribution < 1.29 is 4.74 Å². The zero-order valence-electron chi connectivity index (χ0n) is 12.0. The van der Waals surface area contributed by atoms with Gasteiger partial charge in [-0.2, -0.15) is 0 Å². The van der Waals surface area contributed by atoms with Crippen LogP contribution in [0.25, 0.3) is 0 Å². The van der Waals surface area contributed by atoms with Crippen molar-refractivity contribution in [3.63, 3.8) is 0 Å². The standard InChI is InChI=1S/C16H25ClO/c1-13-6-5-7-14(10-13)11-15(12-17)8-9-18-16(2,3)4/h5-7,10,15H,8-9,11-12H2,1-4H3. The van der Waals surface area contributed by atoms with Gasteiger partial charge in [-0.1, -0.05) is 29.8 Å². The second-order valence-corrected chi connectivity index (χ2v) is 6.27. The van der Waals surface area contributed by atoms with Gasteiger partial charge in [-0.15, -0.1) is 11.6 Å². The largest absolute Gasteiger partial charge is 0.376 e. The number of aryl methyl sites for hydroxylation is 1. The lowest BCUT2D eigenvalue weighted by Gasteiger charge is -2.21. The lowest BCUT2D eigenvalue weighted by atomic mass is 9.97. The molecule has 1 aromatic carbocycles. The third kappa shape index (κ3) is 6.42. The molecule has 2 heteroatoms. The summed E-state index contributed by atoms with van der Waals surface area (Å²) in [5.74, 6) is 1.19. The van der Waals surface area contributed by atoms with Gasteiger partial charge in [-0.05, 0) is 52.0 Å². The van der Waals surface area contributed by atoms with E-state index in [1.54, 1.807) is 0 Å². The molecule has 0 saturated carbocycles. The molecule has 0 N–H and O–H groups in total. The van der Waals surface area contributed by atoms with Crippen LogP contribution in [0.5, 0.6) is 0 Å². The van der Waals surface area contributed by atoms with E-state index in [9.17, 15) is 0 Å². The van der Waals surface area contributed by atoms with Crippen molar-refractivity contribution in [2.45, 2.75) is 46.1 Å². The third-order valence-corrected chi connectivity index (χ3v) is 3.32. The molecule has 0 aliphatic heterocycles. The minimum Gasteiger partial charge on any atom is -0.376 e. The zero-order valence-corrected chi connectivity index (χ0v) is 12.8. The van der Waals surface area contributed by atoms with Gasteiger partial charge in [0.05, 0.1) is 5.60 Å². The summed E-state index contributed by atoms with van der Waals surface area (Å²) >= 11 is 6.05. The first-order valence-electron chi connectivity index (χ1n) is 6.66. The number of halogens is 1. The Balaban J connectivity index is 2.42. The number of benzene rings is 1. The van der Waals surface area contributed by atoms with Gasteiger partial charge in [0.15, 0.2) is 0 Å². The van der Waals surface area contributed by atoms with Crippen LogP contribution in [0, 0.1) is 12.8 Å². The number of rotatable bonds is 6. The highest BCUT2D eigenvalue weighted by atomic mass is 35.5. The Morgan fingerprint density at radius 2 is 2.00 bits per heavy atom. The normalized spacial score (nSPS) is 13.6. The van der Waals surface area contributed by atoms with Crippen LogP contribution in [0.1, 0.15) is 38.3 Å². The van der Waals surface area contributed by atoms with Gasteiger partial charge in [0, 0.05) is 12.5 Å². The molecule has 0 aliphatic carbocycles. The molecule has 102 valence electrons. The van der Waals surface area contributed by atoms with Gasteiger partial charge in [0.2, 0.25) is 0 Å². The van der Waals surface area contributed by atoms with Gasteiger partial charge in [0.25, 0.3) is 0 Å². The Hall–Kier alpha value is -0.530. The maximum absolute atomic E-state index is 6.05. The number of alkyl halides is 1. The molecule has 0 heterocycles. The number of hydrogen-bond acceptors (Lipinski definition) is 1. The number of ether oxygens (including phenoxy) is 1. The average molecular weight is 269 g/mol. The molecular formula is C16H25ClO. The van der Waals surface area contributed by atoms with Gasteiger partial charge < -0.3 is 4.74 Å². The Morgan fingerprint density at radius 3 is 2.56 bits per heavy atom. The summed E-state index contributed by atoms with van der Waals surface area (Å²) in [6, 6.07) is 8.66. The van der Waals surface area contributed by atoms with E-state index in [-0.39, 0.29) is 5.60 Å². The molecule has 1 aromatic rings. The molecule has 0 aliphatic rings. The fourth-order valence-electron chi connectivity index (χ4n) is 1.94. The Morgan fingerprint density at radius 1 is 1.28 bits per heavy atom. The third-order valence-electron chi connectivity index (χ3n) is 2.89. The predicted molar refractivity (Wildman–Crippen MR) is 79.4 cm³/mol. The maximum Gasteiger partial charge on any atom is 0.0598 e. The van der Waals surface area contributed by atoms with Crippen LogP contribution in [-0.2, 0) is 11.2 Å². The van der Waals surface area contributed by atoms with Crippen LogP contribution in [0.3, 0.4) is 0 Å². The van der Waals surface area contributed by atoms with Gasteiger partial charge in [-0.25, -0.2) is 0 Å². The molecular weight excluding hydrogens is 244 g/mol. The summed E-state index contributed by atoms with van der Waals surface area (Å²) in [6.45, 7) is 9.17. The molecule has 0 radical (unpaired) electrons. The van der Waals surface area contributed by atoms with Gasteiger partial charge in [-0.3, -0.25) is 0 Å². The summed E-state index contributed by atoms with van der Waals surface area (Å²) < 4.78 is 5.76. The van der Waals surface area contributed by atoms with Gasteiger partial charge in [0.1, 0.15) is 0 Å². The molecule has 1 unspecified atom stereocenters. The molecule has 1 rings (SSSR count). The molecule has 0 fully saturated rings. The molecule has 0 spiro atoms. The van der Waals surface area contributed by atoms with Crippen molar-refractivity contribution in [1.29, 1.82) is 0 Å². The molecule has 1 atom stereocenters. The summed E-state index contributed by atoms with van der Waals surface area (Å²) in [6.07, 6.45) is 2.06. The quantitative estimate of drug-likeness (QED) is 0.685. The second kappa shape index (κ2) is 7.16. The van der Waals surface area contributed by atoms with Crippen LogP contribution in [0.2, 0.25) is 0 Å². The van der Waals surface area contributed by atoms with Crippen molar-refractivity contribution in [2.75, 3.05) is 12.5 Å². The zero-order chi connectivity index (χ0) is 13.6. The van der Waals surface area contributed by atoms with Crippen molar-refractivity contribution >= 4 is 11.6 Å². The van der Waals surface area contributed by atoms with Crippen molar-refractivity contribution in [1.82, 2.24) is 0 Å². The SMILES string of the molecule is Cc1cccc(CC(CCl)CCOC(C)(C)C)c1. The van der Waals surface area contributed by atoms with E-state index in [1.807, 2.05) is 0 Å². The van der Waals surface area contributed by atoms with Crippen LogP contribution in [0.15, 0.2) is 24.3 Å². The van der Waals surface area contributed by atoms with E-state index in [0.717, 1.165) is 19.4 Å². The van der Waals surface area contributed by atoms with E-state index in [0.29, 0.717) is 11.8 Å². The minimum atomic E-state index is -0.0554. The highest BCUT2D eigenvalue weighted by Crippen LogP contribution is 2.17. The van der Waals surface area contributed by atoms with E-state index in [2.05, 4.69) is 52.0 Å². The van der Waals surface area contributed by atoms with E-state index < -0.39 is 0 Å². The van der Waals surface area contributed by atoms with E-state index in [4.69, 9.17) is 16.3 Å². The molecule has 0 bridgehead atoms. The van der Waals surface area contributed by atoms with E-state index >= 15 is 0 Å². The highest BCUT2D eigenvalue weighted by Gasteiger charge is 2.13. The summed E-state index contributed by atoms with van der Waals surface area (Å²) in [5, 5.41) is 0. The predicted octanol–water partition coefficient (Wildman–Crippen LogP) is 4.60. The second-order valence-electron chi connectivity index (χ2n) is 5.96. The Bertz CT molecular complexity index is 354. The first-order chi connectivity index (χ1) is 8.40. The fourth-order valence-corrected chi connectivity index (χ4v) is 2.20. The van der Waals surface area contributed by atoms with Crippen LogP contribution >= 0.6 is 11.6 Å². The maximum atomic E-state index is 6.05. The number of hydrogen-bond donors (Lipinski definition) is 0. The molecule has 0 saturated heterocycles. The molecule has 18 heavy (non-hydrogen) atoms. The first-order valence-corrected chi connectivity index (χ1v) is 7.19. The topological polar surface area (TPSA) is 9.23 Å². The monoisotopic (exact) mass is 268 g/mol. The summed E-state index contributed by atoms with van der Waals surface area (Å²) in [5.41, 5.74) is 2.63. The first kappa shape index (κ1) is 15.5.